The topological polar surface area (TPSA) is 17.1 Å². The first-order valence-corrected chi connectivity index (χ1v) is 10.0. The van der Waals surface area contributed by atoms with Crippen molar-refractivity contribution in [3.63, 3.8) is 0 Å². The van der Waals surface area contributed by atoms with Crippen molar-refractivity contribution in [2.24, 2.45) is 0 Å². The van der Waals surface area contributed by atoms with Crippen LogP contribution >= 0.6 is 17.0 Å². The first kappa shape index (κ1) is 14.8. The van der Waals surface area contributed by atoms with E-state index in [1.54, 1.807) is 0 Å². The number of hydrogen-bond acceptors (Lipinski definition) is 1. The van der Waals surface area contributed by atoms with Crippen molar-refractivity contribution in [3.05, 3.63) is 66.7 Å². The van der Waals surface area contributed by atoms with Gasteiger partial charge in [0, 0.05) is 11.5 Å². The lowest BCUT2D eigenvalue weighted by Crippen LogP contribution is -2.01. The molecule has 0 fully saturated rings. The molecule has 4 rings (SSSR count). The van der Waals surface area contributed by atoms with Crippen LogP contribution in [0, 0.1) is 0 Å². The van der Waals surface area contributed by atoms with Gasteiger partial charge >= 0.3 is 7.80 Å². The maximum atomic E-state index is 12.7. The lowest BCUT2D eigenvalue weighted by atomic mass is 9.98. The van der Waals surface area contributed by atoms with E-state index in [0.717, 1.165) is 22.2 Å². The fraction of sp³-hybridized carbons (Fsp3) is 0.100. The molecular weight excluding hydrogens is 318 g/mol. The van der Waals surface area contributed by atoms with Crippen LogP contribution in [-0.4, -0.2) is 12.3 Å². The Morgan fingerprint density at radius 3 is 2.26 bits per heavy atom. The fourth-order valence-electron chi connectivity index (χ4n) is 3.23. The van der Waals surface area contributed by atoms with Crippen LogP contribution < -0.4 is 5.30 Å². The molecule has 0 radical (unpaired) electrons. The summed E-state index contributed by atoms with van der Waals surface area (Å²) in [4.78, 5) is 0. The first-order valence-electron chi connectivity index (χ1n) is 7.77. The highest BCUT2D eigenvalue weighted by atomic mass is 31.1. The van der Waals surface area contributed by atoms with Crippen LogP contribution in [0.25, 0.3) is 32.3 Å². The van der Waals surface area contributed by atoms with Gasteiger partial charge in [-0.1, -0.05) is 53.1 Å². The summed E-state index contributed by atoms with van der Waals surface area (Å²) in [5, 5.41) is 8.17. The Labute approximate surface area is 138 Å². The molecule has 0 saturated carbocycles. The third-order valence-corrected chi connectivity index (χ3v) is 6.65. The normalized spacial score (nSPS) is 12.1. The predicted molar refractivity (Wildman–Crippen MR) is 106 cm³/mol. The van der Waals surface area contributed by atoms with Gasteiger partial charge in [-0.2, -0.15) is 0 Å². The van der Waals surface area contributed by atoms with Gasteiger partial charge < -0.3 is 0 Å². The number of hydrogen-bond donors (Lipinski definition) is 0. The summed E-state index contributed by atoms with van der Waals surface area (Å²) >= 11 is 0. The third-order valence-electron chi connectivity index (χ3n) is 4.31. The van der Waals surface area contributed by atoms with E-state index in [-0.39, 0.29) is 0 Å². The summed E-state index contributed by atoms with van der Waals surface area (Å²) in [5.41, 5.74) is 0. The molecule has 2 unspecified atom stereocenters. The van der Waals surface area contributed by atoms with Gasteiger partial charge in [0.2, 0.25) is 0 Å². The minimum Gasteiger partial charge on any atom is -0.133 e. The molecule has 1 nitrogen and oxygen atoms in total. The van der Waals surface area contributed by atoms with E-state index in [1.807, 2.05) is 12.1 Å². The number of fused-ring (bicyclic) bond motifs is 4. The highest BCUT2D eigenvalue weighted by Crippen LogP contribution is 2.33. The van der Waals surface area contributed by atoms with Gasteiger partial charge in [0.15, 0.2) is 11.5 Å². The monoisotopic (exact) mass is 335 g/mol. The van der Waals surface area contributed by atoms with Gasteiger partial charge in [-0.25, -0.2) is 0 Å². The summed E-state index contributed by atoms with van der Waals surface area (Å²) in [5.74, 6) is 0. The van der Waals surface area contributed by atoms with Crippen LogP contribution in [0.4, 0.5) is 0 Å². The summed E-state index contributed by atoms with van der Waals surface area (Å²) in [7, 11) is 1.31. The summed E-state index contributed by atoms with van der Waals surface area (Å²) in [6.07, 6.45) is 1.57. The zero-order valence-corrected chi connectivity index (χ0v) is 14.7. The van der Waals surface area contributed by atoms with E-state index < -0.39 is 7.80 Å². The van der Waals surface area contributed by atoms with Crippen molar-refractivity contribution in [1.29, 1.82) is 0 Å². The van der Waals surface area contributed by atoms with E-state index >= 15 is 0 Å². The zero-order chi connectivity index (χ0) is 15.8. The minimum atomic E-state index is -1.36. The van der Waals surface area contributed by atoms with Crippen LogP contribution in [0.15, 0.2) is 66.7 Å². The lowest BCUT2D eigenvalue weighted by Gasteiger charge is -2.07. The van der Waals surface area contributed by atoms with Gasteiger partial charge in [-0.05, 0) is 45.1 Å². The van der Waals surface area contributed by atoms with Crippen LogP contribution in [0.5, 0.6) is 0 Å². The number of benzene rings is 4. The Morgan fingerprint density at radius 2 is 1.48 bits per heavy atom. The molecule has 112 valence electrons. The molecule has 0 aliphatic carbocycles. The van der Waals surface area contributed by atoms with Gasteiger partial charge in [0.25, 0.3) is 0 Å². The summed E-state index contributed by atoms with van der Waals surface area (Å²) in [6.45, 7) is 0. The second-order valence-electron chi connectivity index (χ2n) is 5.75. The van der Waals surface area contributed by atoms with Crippen LogP contribution in [-0.2, 0) is 4.57 Å². The molecule has 0 amide bonds. The summed E-state index contributed by atoms with van der Waals surface area (Å²) in [6, 6.07) is 23.3. The van der Waals surface area contributed by atoms with E-state index in [4.69, 9.17) is 0 Å². The molecule has 0 heterocycles. The van der Waals surface area contributed by atoms with Crippen LogP contribution in [0.3, 0.4) is 0 Å². The van der Waals surface area contributed by atoms with Gasteiger partial charge in [-0.3, -0.25) is 0 Å². The SMILES string of the molecule is O=[P+](CCP)c1cccc2ccc3cc4ccccc4cc3c12. The molecule has 4 aromatic rings. The Morgan fingerprint density at radius 1 is 0.783 bits per heavy atom. The Bertz CT molecular complexity index is 1050. The number of rotatable bonds is 3. The molecule has 2 atom stereocenters. The van der Waals surface area contributed by atoms with E-state index in [2.05, 4.69) is 63.8 Å². The Hall–Kier alpha value is -1.81. The van der Waals surface area contributed by atoms with Crippen molar-refractivity contribution in [2.75, 3.05) is 12.3 Å². The molecule has 0 spiro atoms. The fourth-order valence-corrected chi connectivity index (χ4v) is 5.16. The summed E-state index contributed by atoms with van der Waals surface area (Å²) < 4.78 is 12.7. The van der Waals surface area contributed by atoms with E-state index in [0.29, 0.717) is 6.16 Å². The molecule has 3 heteroatoms. The maximum Gasteiger partial charge on any atom is 0.377 e. The predicted octanol–water partition coefficient (Wildman–Crippen LogP) is 5.47. The second-order valence-corrected chi connectivity index (χ2v) is 8.02. The highest BCUT2D eigenvalue weighted by molar-refractivity contribution is 7.54. The van der Waals surface area contributed by atoms with Crippen LogP contribution in [0.2, 0.25) is 0 Å². The standard InChI is InChI=1S/C20H17OP2/c21-23(11-10-22)19-7-3-6-14-8-9-17-12-15-4-1-2-5-16(15)13-18(17)20(14)19/h1-9,12-13H,10-11,22H2/q+1. The second kappa shape index (κ2) is 6.00. The van der Waals surface area contributed by atoms with Crippen molar-refractivity contribution in [1.82, 2.24) is 0 Å². The Balaban J connectivity index is 2.13. The highest BCUT2D eigenvalue weighted by Gasteiger charge is 2.22. The average Bonchev–Trinajstić information content (AvgIpc) is 2.59. The van der Waals surface area contributed by atoms with Crippen molar-refractivity contribution >= 4 is 54.7 Å². The Kier molecular flexibility index (Phi) is 3.85. The smallest absolute Gasteiger partial charge is 0.133 e. The van der Waals surface area contributed by atoms with Gasteiger partial charge in [-0.15, -0.1) is 9.24 Å². The molecule has 0 bridgehead atoms. The van der Waals surface area contributed by atoms with Gasteiger partial charge in [0.1, 0.15) is 0 Å². The van der Waals surface area contributed by atoms with Crippen molar-refractivity contribution < 1.29 is 4.57 Å². The molecule has 4 aromatic carbocycles. The van der Waals surface area contributed by atoms with Crippen molar-refractivity contribution in [3.8, 4) is 0 Å². The quantitative estimate of drug-likeness (QED) is 0.275. The molecule has 0 aliphatic rings. The third kappa shape index (κ3) is 2.55. The average molecular weight is 335 g/mol. The first-order chi connectivity index (χ1) is 11.3. The van der Waals surface area contributed by atoms with Crippen molar-refractivity contribution in [2.45, 2.75) is 0 Å². The van der Waals surface area contributed by atoms with E-state index in [1.165, 1.54) is 21.5 Å². The maximum absolute atomic E-state index is 12.7. The largest absolute Gasteiger partial charge is 0.377 e. The van der Waals surface area contributed by atoms with Gasteiger partial charge in [0.05, 0.1) is 0 Å². The molecule has 0 saturated heterocycles. The lowest BCUT2D eigenvalue weighted by molar-refractivity contribution is 0.594. The zero-order valence-electron chi connectivity index (χ0n) is 12.7. The molecule has 0 aromatic heterocycles. The molecule has 0 N–H and O–H groups in total. The molecular formula is C20H17OP2+. The van der Waals surface area contributed by atoms with E-state index in [9.17, 15) is 4.57 Å². The van der Waals surface area contributed by atoms with Crippen LogP contribution in [0.1, 0.15) is 0 Å². The molecule has 0 aliphatic heterocycles. The minimum absolute atomic E-state index is 0.711. The molecule has 23 heavy (non-hydrogen) atoms.